The second-order valence-corrected chi connectivity index (χ2v) is 7.44. The molecule has 1 aliphatic rings. The van der Waals surface area contributed by atoms with Crippen LogP contribution in [0.25, 0.3) is 6.08 Å². The highest BCUT2D eigenvalue weighted by Crippen LogP contribution is 2.30. The lowest BCUT2D eigenvalue weighted by Gasteiger charge is -2.26. The van der Waals surface area contributed by atoms with E-state index >= 15 is 0 Å². The molecule has 0 bridgehead atoms. The maximum atomic E-state index is 13.1. The fourth-order valence-electron chi connectivity index (χ4n) is 3.25. The third kappa shape index (κ3) is 6.04. The van der Waals surface area contributed by atoms with Crippen molar-refractivity contribution in [3.63, 3.8) is 0 Å². The number of hydrogen-bond donors (Lipinski definition) is 1. The summed E-state index contributed by atoms with van der Waals surface area (Å²) in [6.07, 6.45) is 3.93. The summed E-state index contributed by atoms with van der Waals surface area (Å²) in [6, 6.07) is 11.4. The van der Waals surface area contributed by atoms with Crippen LogP contribution in [0.15, 0.2) is 60.7 Å². The molecule has 1 heterocycles. The largest absolute Gasteiger partial charge is 0.490 e. The molecule has 8 nitrogen and oxygen atoms in total. The minimum absolute atomic E-state index is 0.0300. The van der Waals surface area contributed by atoms with Crippen LogP contribution in [0.3, 0.4) is 0 Å². The van der Waals surface area contributed by atoms with Crippen LogP contribution in [-0.2, 0) is 16.1 Å². The summed E-state index contributed by atoms with van der Waals surface area (Å²) < 4.78 is 16.8. The summed E-state index contributed by atoms with van der Waals surface area (Å²) in [7, 11) is 0. The zero-order valence-corrected chi connectivity index (χ0v) is 19.3. The van der Waals surface area contributed by atoms with Crippen LogP contribution in [0.4, 0.5) is 4.79 Å². The Bertz CT molecular complexity index is 1090. The van der Waals surface area contributed by atoms with Crippen LogP contribution in [0, 0.1) is 0 Å². The van der Waals surface area contributed by atoms with Crippen LogP contribution < -0.4 is 19.5 Å². The number of ether oxygens (including phenoxy) is 3. The number of carbonyl (C=O) groups excluding carboxylic acids is 3. The molecular weight excluding hydrogens is 436 g/mol. The first-order chi connectivity index (χ1) is 16.5. The van der Waals surface area contributed by atoms with E-state index in [9.17, 15) is 14.4 Å². The van der Waals surface area contributed by atoms with Crippen molar-refractivity contribution in [2.45, 2.75) is 26.8 Å². The molecule has 0 aliphatic carbocycles. The van der Waals surface area contributed by atoms with E-state index in [1.807, 2.05) is 13.8 Å². The van der Waals surface area contributed by atoms with Gasteiger partial charge in [0, 0.05) is 0 Å². The monoisotopic (exact) mass is 464 g/mol. The lowest BCUT2D eigenvalue weighted by molar-refractivity contribution is -0.130. The molecule has 3 rings (SSSR count). The summed E-state index contributed by atoms with van der Waals surface area (Å²) in [5, 5.41) is 2.24. The van der Waals surface area contributed by atoms with Crippen molar-refractivity contribution in [2.75, 3.05) is 19.8 Å². The predicted octanol–water partition coefficient (Wildman–Crippen LogP) is 4.10. The second kappa shape index (κ2) is 11.7. The fourth-order valence-corrected chi connectivity index (χ4v) is 3.25. The van der Waals surface area contributed by atoms with Gasteiger partial charge in [-0.1, -0.05) is 37.8 Å². The Balaban J connectivity index is 1.81. The SMILES string of the molecule is C=CCOc1ccc(/C=C2\C(=O)NC(=O)N(Cc3ccc(OCCC)c(OCC)c3)C2=O)cc1. The third-order valence-corrected chi connectivity index (χ3v) is 4.86. The molecule has 0 atom stereocenters. The van der Waals surface area contributed by atoms with Gasteiger partial charge in [0.05, 0.1) is 19.8 Å². The molecule has 2 aromatic rings. The molecule has 0 saturated carbocycles. The van der Waals surface area contributed by atoms with Crippen molar-refractivity contribution >= 4 is 23.9 Å². The zero-order valence-electron chi connectivity index (χ0n) is 19.3. The van der Waals surface area contributed by atoms with Gasteiger partial charge in [0.15, 0.2) is 11.5 Å². The number of hydrogen-bond acceptors (Lipinski definition) is 6. The number of barbiturate groups is 1. The summed E-state index contributed by atoms with van der Waals surface area (Å²) in [4.78, 5) is 38.9. The molecule has 1 aliphatic heterocycles. The molecular formula is C26H28N2O6. The van der Waals surface area contributed by atoms with Gasteiger partial charge in [0.1, 0.15) is 17.9 Å². The van der Waals surface area contributed by atoms with E-state index in [4.69, 9.17) is 14.2 Å². The van der Waals surface area contributed by atoms with Crippen molar-refractivity contribution in [1.82, 2.24) is 10.2 Å². The number of imide groups is 2. The minimum atomic E-state index is -0.774. The average Bonchev–Trinajstić information content (AvgIpc) is 2.83. The predicted molar refractivity (Wildman–Crippen MR) is 128 cm³/mol. The average molecular weight is 465 g/mol. The van der Waals surface area contributed by atoms with E-state index < -0.39 is 17.8 Å². The lowest BCUT2D eigenvalue weighted by atomic mass is 10.1. The molecule has 0 radical (unpaired) electrons. The van der Waals surface area contributed by atoms with E-state index in [1.165, 1.54) is 6.08 Å². The maximum Gasteiger partial charge on any atom is 0.331 e. The fraction of sp³-hybridized carbons (Fsp3) is 0.269. The molecule has 34 heavy (non-hydrogen) atoms. The first kappa shape index (κ1) is 24.6. The van der Waals surface area contributed by atoms with Gasteiger partial charge >= 0.3 is 6.03 Å². The minimum Gasteiger partial charge on any atom is -0.490 e. The molecule has 0 aromatic heterocycles. The van der Waals surface area contributed by atoms with Gasteiger partial charge in [0.2, 0.25) is 0 Å². The first-order valence-electron chi connectivity index (χ1n) is 11.1. The molecule has 1 fully saturated rings. The van der Waals surface area contributed by atoms with Crippen LogP contribution >= 0.6 is 0 Å². The van der Waals surface area contributed by atoms with Gasteiger partial charge in [-0.05, 0) is 54.8 Å². The number of urea groups is 1. The number of nitrogens with zero attached hydrogens (tertiary/aromatic N) is 1. The van der Waals surface area contributed by atoms with E-state index in [2.05, 4.69) is 11.9 Å². The molecule has 4 amide bonds. The Labute approximate surface area is 198 Å². The highest BCUT2D eigenvalue weighted by atomic mass is 16.5. The Hall–Kier alpha value is -4.07. The third-order valence-electron chi connectivity index (χ3n) is 4.86. The highest BCUT2D eigenvalue weighted by Gasteiger charge is 2.35. The molecule has 1 saturated heterocycles. The number of amides is 4. The molecule has 2 aromatic carbocycles. The van der Waals surface area contributed by atoms with Crippen LogP contribution in [0.5, 0.6) is 17.2 Å². The van der Waals surface area contributed by atoms with Crippen molar-refractivity contribution < 1.29 is 28.6 Å². The molecule has 0 spiro atoms. The van der Waals surface area contributed by atoms with E-state index in [0.717, 1.165) is 11.3 Å². The van der Waals surface area contributed by atoms with Crippen molar-refractivity contribution in [3.05, 3.63) is 71.8 Å². The molecule has 0 unspecified atom stereocenters. The van der Waals surface area contributed by atoms with Crippen LogP contribution in [0.1, 0.15) is 31.4 Å². The quantitative estimate of drug-likeness (QED) is 0.306. The highest BCUT2D eigenvalue weighted by molar-refractivity contribution is 6.30. The molecule has 8 heteroatoms. The Morgan fingerprint density at radius 3 is 2.41 bits per heavy atom. The van der Waals surface area contributed by atoms with E-state index in [-0.39, 0.29) is 12.1 Å². The van der Waals surface area contributed by atoms with Crippen LogP contribution in [0.2, 0.25) is 0 Å². The van der Waals surface area contributed by atoms with Gasteiger partial charge in [-0.25, -0.2) is 4.79 Å². The van der Waals surface area contributed by atoms with Crippen molar-refractivity contribution in [1.29, 1.82) is 0 Å². The van der Waals surface area contributed by atoms with E-state index in [1.54, 1.807) is 48.5 Å². The van der Waals surface area contributed by atoms with Gasteiger partial charge in [0.25, 0.3) is 11.8 Å². The van der Waals surface area contributed by atoms with Gasteiger partial charge in [-0.2, -0.15) is 0 Å². The topological polar surface area (TPSA) is 94.2 Å². The van der Waals surface area contributed by atoms with Gasteiger partial charge in [-0.15, -0.1) is 0 Å². The number of rotatable bonds is 11. The maximum absolute atomic E-state index is 13.1. The Kier molecular flexibility index (Phi) is 8.45. The standard InChI is InChI=1S/C26H28N2O6/c1-4-13-33-20-10-7-18(8-11-20)15-21-24(29)27-26(31)28(25(21)30)17-19-9-12-22(34-14-5-2)23(16-19)32-6-3/h4,7-12,15-16H,1,5-6,13-14,17H2,2-3H3,(H,27,29,31)/b21-15+. The summed E-state index contributed by atoms with van der Waals surface area (Å²) in [5.74, 6) is 0.346. The Morgan fingerprint density at radius 2 is 1.74 bits per heavy atom. The number of benzene rings is 2. The smallest absolute Gasteiger partial charge is 0.331 e. The van der Waals surface area contributed by atoms with Crippen molar-refractivity contribution in [3.8, 4) is 17.2 Å². The number of carbonyl (C=O) groups is 3. The zero-order chi connectivity index (χ0) is 24.5. The lowest BCUT2D eigenvalue weighted by Crippen LogP contribution is -2.53. The van der Waals surface area contributed by atoms with Gasteiger partial charge in [-0.3, -0.25) is 19.8 Å². The van der Waals surface area contributed by atoms with E-state index in [0.29, 0.717) is 48.2 Å². The summed E-state index contributed by atoms with van der Waals surface area (Å²) in [6.45, 7) is 8.79. The summed E-state index contributed by atoms with van der Waals surface area (Å²) >= 11 is 0. The number of nitrogens with one attached hydrogen (secondary N) is 1. The van der Waals surface area contributed by atoms with Gasteiger partial charge < -0.3 is 14.2 Å². The molecule has 1 N–H and O–H groups in total. The van der Waals surface area contributed by atoms with Crippen molar-refractivity contribution in [2.24, 2.45) is 0 Å². The van der Waals surface area contributed by atoms with Crippen LogP contribution in [-0.4, -0.2) is 42.6 Å². The Morgan fingerprint density at radius 1 is 0.971 bits per heavy atom. The second-order valence-electron chi connectivity index (χ2n) is 7.44. The normalized spacial score (nSPS) is 14.7. The first-order valence-corrected chi connectivity index (χ1v) is 11.1. The summed E-state index contributed by atoms with van der Waals surface area (Å²) in [5.41, 5.74) is 1.15. The molecule has 178 valence electrons.